The van der Waals surface area contributed by atoms with Crippen molar-refractivity contribution >= 4 is 11.4 Å². The summed E-state index contributed by atoms with van der Waals surface area (Å²) in [6.07, 6.45) is -14.6. The fourth-order valence-electron chi connectivity index (χ4n) is 3.09. The predicted molar refractivity (Wildman–Crippen MR) is 101 cm³/mol. The van der Waals surface area contributed by atoms with Crippen LogP contribution in [-0.2, 0) is 18.5 Å². The molecule has 11 heteroatoms. The van der Waals surface area contributed by atoms with Gasteiger partial charge in [-0.2, -0.15) is 39.5 Å². The molecule has 0 saturated heterocycles. The summed E-state index contributed by atoms with van der Waals surface area (Å²) >= 11 is 0. The minimum Gasteiger partial charge on any atom is -0.399 e. The molecular weight excluding hydrogens is 451 g/mol. The van der Waals surface area contributed by atoms with Gasteiger partial charge in [0.25, 0.3) is 0 Å². The highest BCUT2D eigenvalue weighted by Gasteiger charge is 2.34. The number of nitrogen functional groups attached to an aromatic ring is 2. The van der Waals surface area contributed by atoms with Gasteiger partial charge < -0.3 is 11.5 Å². The summed E-state index contributed by atoms with van der Waals surface area (Å²) < 4.78 is 119. The van der Waals surface area contributed by atoms with Crippen molar-refractivity contribution < 1.29 is 39.5 Å². The van der Waals surface area contributed by atoms with Gasteiger partial charge in [-0.25, -0.2) is 0 Å². The molecular formula is C21H13F9N2. The third-order valence-corrected chi connectivity index (χ3v) is 4.49. The first-order valence-electron chi connectivity index (χ1n) is 8.72. The molecule has 0 atom stereocenters. The summed E-state index contributed by atoms with van der Waals surface area (Å²) in [5.74, 6) is 0. The first kappa shape index (κ1) is 23.3. The maximum absolute atomic E-state index is 13.5. The molecule has 0 radical (unpaired) electrons. The molecule has 170 valence electrons. The van der Waals surface area contributed by atoms with E-state index in [-0.39, 0.29) is 33.6 Å². The first-order chi connectivity index (χ1) is 14.5. The summed E-state index contributed by atoms with van der Waals surface area (Å²) in [5.41, 5.74) is 5.44. The molecule has 0 bridgehead atoms. The molecule has 32 heavy (non-hydrogen) atoms. The van der Waals surface area contributed by atoms with Gasteiger partial charge in [-0.15, -0.1) is 0 Å². The summed E-state index contributed by atoms with van der Waals surface area (Å²) in [6.45, 7) is 0. The van der Waals surface area contributed by atoms with Gasteiger partial charge in [0.2, 0.25) is 0 Å². The van der Waals surface area contributed by atoms with E-state index in [1.807, 2.05) is 0 Å². The van der Waals surface area contributed by atoms with Gasteiger partial charge in [0, 0.05) is 11.4 Å². The number of hydrogen-bond acceptors (Lipinski definition) is 2. The van der Waals surface area contributed by atoms with Crippen molar-refractivity contribution in [2.75, 3.05) is 11.5 Å². The van der Waals surface area contributed by atoms with Crippen molar-refractivity contribution in [2.24, 2.45) is 0 Å². The van der Waals surface area contributed by atoms with Crippen LogP contribution in [0, 0.1) is 0 Å². The topological polar surface area (TPSA) is 52.0 Å². The Hall–Kier alpha value is -3.37. The number of hydrogen-bond donors (Lipinski definition) is 2. The Morgan fingerprint density at radius 3 is 0.906 bits per heavy atom. The maximum atomic E-state index is 13.5. The molecule has 0 aliphatic heterocycles. The first-order valence-corrected chi connectivity index (χ1v) is 8.72. The summed E-state index contributed by atoms with van der Waals surface area (Å²) in [5, 5.41) is 0. The van der Waals surface area contributed by atoms with Gasteiger partial charge in [0.05, 0.1) is 16.7 Å². The fourth-order valence-corrected chi connectivity index (χ4v) is 3.09. The normalized spacial score (nSPS) is 12.8. The minimum atomic E-state index is -4.93. The maximum Gasteiger partial charge on any atom is 0.416 e. The van der Waals surface area contributed by atoms with Crippen LogP contribution in [0.2, 0.25) is 0 Å². The van der Waals surface area contributed by atoms with Gasteiger partial charge in [-0.3, -0.25) is 0 Å². The molecule has 4 N–H and O–H groups in total. The average molecular weight is 464 g/mol. The van der Waals surface area contributed by atoms with Gasteiger partial charge in [-0.05, 0) is 76.9 Å². The van der Waals surface area contributed by atoms with E-state index in [0.29, 0.717) is 36.4 Å². The number of alkyl halides is 9. The average Bonchev–Trinajstić information content (AvgIpc) is 2.64. The molecule has 0 aromatic heterocycles. The molecule has 0 aliphatic rings. The standard InChI is InChI=1S/C21H13F9N2/c22-19(23,24)14-2-10(12-4-15(20(25,26)27)8-17(31)6-12)1-11(3-14)13-5-16(21(28,29)30)9-18(32)7-13/h1-9H,31-32H2. The van der Waals surface area contributed by atoms with Crippen LogP contribution in [0.5, 0.6) is 0 Å². The molecule has 3 aromatic rings. The van der Waals surface area contributed by atoms with E-state index in [9.17, 15) is 39.5 Å². The van der Waals surface area contributed by atoms with Gasteiger partial charge in [-0.1, -0.05) is 0 Å². The number of nitrogens with two attached hydrogens (primary N) is 2. The molecule has 0 amide bonds. The molecule has 3 rings (SSSR count). The van der Waals surface area contributed by atoms with Crippen molar-refractivity contribution in [2.45, 2.75) is 18.5 Å². The molecule has 2 nitrogen and oxygen atoms in total. The lowest BCUT2D eigenvalue weighted by atomic mass is 9.93. The highest BCUT2D eigenvalue weighted by atomic mass is 19.4. The smallest absolute Gasteiger partial charge is 0.399 e. The van der Waals surface area contributed by atoms with Crippen LogP contribution >= 0.6 is 0 Å². The highest BCUT2D eigenvalue weighted by Crippen LogP contribution is 2.40. The number of halogens is 9. The molecule has 0 fully saturated rings. The van der Waals surface area contributed by atoms with Gasteiger partial charge in [0.15, 0.2) is 0 Å². The predicted octanol–water partition coefficient (Wildman–Crippen LogP) is 7.24. The lowest BCUT2D eigenvalue weighted by molar-refractivity contribution is -0.138. The largest absolute Gasteiger partial charge is 0.416 e. The van der Waals surface area contributed by atoms with E-state index in [0.717, 1.165) is 18.2 Å². The lowest BCUT2D eigenvalue weighted by Crippen LogP contribution is -2.08. The van der Waals surface area contributed by atoms with Crippen molar-refractivity contribution in [3.05, 3.63) is 71.3 Å². The summed E-state index contributed by atoms with van der Waals surface area (Å²) in [7, 11) is 0. The van der Waals surface area contributed by atoms with E-state index < -0.39 is 35.2 Å². The molecule has 0 heterocycles. The fraction of sp³-hybridized carbons (Fsp3) is 0.143. The second-order valence-corrected chi connectivity index (χ2v) is 6.98. The summed E-state index contributed by atoms with van der Waals surface area (Å²) in [4.78, 5) is 0. The Balaban J connectivity index is 2.28. The summed E-state index contributed by atoms with van der Waals surface area (Å²) in [6, 6.07) is 6.75. The van der Waals surface area contributed by atoms with Crippen molar-refractivity contribution in [3.8, 4) is 22.3 Å². The van der Waals surface area contributed by atoms with Crippen LogP contribution in [0.25, 0.3) is 22.3 Å². The Labute approximate surface area is 175 Å². The number of anilines is 2. The van der Waals surface area contributed by atoms with E-state index in [1.165, 1.54) is 0 Å². The monoisotopic (exact) mass is 464 g/mol. The molecule has 0 saturated carbocycles. The Morgan fingerprint density at radius 1 is 0.375 bits per heavy atom. The third kappa shape index (κ3) is 5.09. The van der Waals surface area contributed by atoms with Gasteiger partial charge >= 0.3 is 18.5 Å². The van der Waals surface area contributed by atoms with Gasteiger partial charge in [0.1, 0.15) is 0 Å². The molecule has 0 unspecified atom stereocenters. The van der Waals surface area contributed by atoms with Crippen molar-refractivity contribution in [1.82, 2.24) is 0 Å². The molecule has 3 aromatic carbocycles. The van der Waals surface area contributed by atoms with E-state index in [4.69, 9.17) is 11.5 Å². The van der Waals surface area contributed by atoms with Crippen molar-refractivity contribution in [1.29, 1.82) is 0 Å². The van der Waals surface area contributed by atoms with Crippen LogP contribution in [-0.4, -0.2) is 0 Å². The zero-order valence-corrected chi connectivity index (χ0v) is 15.8. The lowest BCUT2D eigenvalue weighted by Gasteiger charge is -2.16. The third-order valence-electron chi connectivity index (χ3n) is 4.49. The SMILES string of the molecule is Nc1cc(-c2cc(-c3cc(N)cc(C(F)(F)F)c3)cc(C(F)(F)F)c2)cc(C(F)(F)F)c1. The number of rotatable bonds is 2. The van der Waals surface area contributed by atoms with Crippen LogP contribution in [0.3, 0.4) is 0 Å². The van der Waals surface area contributed by atoms with Crippen LogP contribution in [0.4, 0.5) is 50.9 Å². The zero-order valence-electron chi connectivity index (χ0n) is 15.8. The van der Waals surface area contributed by atoms with E-state index in [1.54, 1.807) is 0 Å². The van der Waals surface area contributed by atoms with E-state index >= 15 is 0 Å². The van der Waals surface area contributed by atoms with Crippen LogP contribution in [0.15, 0.2) is 54.6 Å². The second-order valence-electron chi connectivity index (χ2n) is 6.98. The zero-order chi connectivity index (χ0) is 24.1. The Morgan fingerprint density at radius 2 is 0.625 bits per heavy atom. The van der Waals surface area contributed by atoms with Crippen LogP contribution in [0.1, 0.15) is 16.7 Å². The highest BCUT2D eigenvalue weighted by molar-refractivity contribution is 5.78. The second kappa shape index (κ2) is 7.64. The molecule has 0 aliphatic carbocycles. The van der Waals surface area contributed by atoms with Crippen LogP contribution < -0.4 is 11.5 Å². The van der Waals surface area contributed by atoms with Crippen molar-refractivity contribution in [3.63, 3.8) is 0 Å². The van der Waals surface area contributed by atoms with E-state index in [2.05, 4.69) is 0 Å². The quantitative estimate of drug-likeness (QED) is 0.310. The Bertz CT molecular complexity index is 1080. The minimum absolute atomic E-state index is 0.287. The molecule has 0 spiro atoms. The number of benzene rings is 3. The Kier molecular flexibility index (Phi) is 5.56.